The molecule has 0 radical (unpaired) electrons. The van der Waals surface area contributed by atoms with Gasteiger partial charge in [0.1, 0.15) is 11.5 Å². The van der Waals surface area contributed by atoms with E-state index in [9.17, 15) is 4.79 Å². The molecule has 0 bridgehead atoms. The quantitative estimate of drug-likeness (QED) is 0.518. The topological polar surface area (TPSA) is 73.6 Å². The summed E-state index contributed by atoms with van der Waals surface area (Å²) in [5.41, 5.74) is 9.39. The molecule has 3 aromatic carbocycles. The van der Waals surface area contributed by atoms with E-state index in [0.29, 0.717) is 22.7 Å². The lowest BCUT2D eigenvalue weighted by Crippen LogP contribution is -2.33. The van der Waals surface area contributed by atoms with Crippen molar-refractivity contribution >= 4 is 17.3 Å². The molecule has 5 heteroatoms. The summed E-state index contributed by atoms with van der Waals surface area (Å²) >= 11 is 0. The highest BCUT2D eigenvalue weighted by Crippen LogP contribution is 2.56. The van der Waals surface area contributed by atoms with Gasteiger partial charge in [0.05, 0.1) is 5.56 Å². The van der Waals surface area contributed by atoms with Crippen LogP contribution in [0.3, 0.4) is 0 Å². The average Bonchev–Trinajstić information content (AvgIpc) is 2.95. The second kappa shape index (κ2) is 5.02. The van der Waals surface area contributed by atoms with Crippen LogP contribution in [0.15, 0.2) is 60.7 Å². The Bertz CT molecular complexity index is 1080. The number of nitrogens with one attached hydrogen (secondary N) is 1. The fourth-order valence-electron chi connectivity index (χ4n) is 3.85. The van der Waals surface area contributed by atoms with Gasteiger partial charge in [-0.1, -0.05) is 18.2 Å². The van der Waals surface area contributed by atoms with Gasteiger partial charge in [-0.2, -0.15) is 0 Å². The van der Waals surface area contributed by atoms with Crippen LogP contribution >= 0.6 is 0 Å². The van der Waals surface area contributed by atoms with Crippen molar-refractivity contribution in [2.75, 3.05) is 18.1 Å². The van der Waals surface area contributed by atoms with Crippen molar-refractivity contribution in [3.8, 4) is 11.5 Å². The van der Waals surface area contributed by atoms with E-state index in [1.54, 1.807) is 18.2 Å². The summed E-state index contributed by atoms with van der Waals surface area (Å²) in [4.78, 5) is 12.6. The van der Waals surface area contributed by atoms with Crippen molar-refractivity contribution in [1.82, 2.24) is 0 Å². The summed E-state index contributed by atoms with van der Waals surface area (Å²) in [6, 6.07) is 18.7. The smallest absolute Gasteiger partial charge is 0.340 e. The number of anilines is 2. The van der Waals surface area contributed by atoms with Gasteiger partial charge in [0.15, 0.2) is 5.60 Å². The minimum absolute atomic E-state index is 0.339. The third-order valence-corrected chi connectivity index (χ3v) is 5.03. The van der Waals surface area contributed by atoms with Crippen molar-refractivity contribution in [2.24, 2.45) is 0 Å². The van der Waals surface area contributed by atoms with Crippen LogP contribution in [-0.2, 0) is 10.3 Å². The second-order valence-corrected chi connectivity index (χ2v) is 6.43. The van der Waals surface area contributed by atoms with Gasteiger partial charge in [-0.25, -0.2) is 4.79 Å². The minimum atomic E-state index is -1.03. The number of fused-ring (bicyclic) bond motifs is 6. The van der Waals surface area contributed by atoms with Crippen LogP contribution < -0.4 is 15.8 Å². The predicted molar refractivity (Wildman–Crippen MR) is 98.7 cm³/mol. The molecule has 2 aliphatic rings. The van der Waals surface area contributed by atoms with Crippen molar-refractivity contribution < 1.29 is 14.3 Å². The molecule has 0 fully saturated rings. The van der Waals surface area contributed by atoms with E-state index in [0.717, 1.165) is 22.4 Å². The molecule has 0 amide bonds. The molecular weight excluding hydrogens is 328 g/mol. The van der Waals surface area contributed by atoms with E-state index in [4.69, 9.17) is 15.2 Å². The van der Waals surface area contributed by atoms with Crippen LogP contribution in [0.1, 0.15) is 27.0 Å². The first-order valence-electron chi connectivity index (χ1n) is 8.36. The highest BCUT2D eigenvalue weighted by Gasteiger charge is 2.53. The summed E-state index contributed by atoms with van der Waals surface area (Å²) in [6.45, 7) is 0. The number of nitrogen functional groups attached to an aromatic ring is 1. The average molecular weight is 344 g/mol. The minimum Gasteiger partial charge on any atom is -0.456 e. The second-order valence-electron chi connectivity index (χ2n) is 6.43. The number of hydrogen-bond donors (Lipinski definition) is 2. The van der Waals surface area contributed by atoms with E-state index in [-0.39, 0.29) is 5.97 Å². The van der Waals surface area contributed by atoms with Crippen LogP contribution in [0, 0.1) is 0 Å². The number of carbonyl (C=O) groups is 1. The lowest BCUT2D eigenvalue weighted by atomic mass is 9.77. The van der Waals surface area contributed by atoms with Crippen LogP contribution in [0.5, 0.6) is 11.5 Å². The normalized spacial score (nSPS) is 19.2. The zero-order valence-electron chi connectivity index (χ0n) is 14.1. The molecular formula is C21H16N2O3. The van der Waals surface area contributed by atoms with Gasteiger partial charge in [-0.15, -0.1) is 0 Å². The molecule has 128 valence electrons. The summed E-state index contributed by atoms with van der Waals surface area (Å²) in [6.07, 6.45) is 0. The molecule has 1 unspecified atom stereocenters. The SMILES string of the molecule is CNc1ccc2c(c1)Oc1cc(N)ccc1C21OC(=O)c2ccccc21. The summed E-state index contributed by atoms with van der Waals surface area (Å²) in [5.74, 6) is 0.892. The Balaban J connectivity index is 1.88. The van der Waals surface area contributed by atoms with Crippen LogP contribution in [0.4, 0.5) is 11.4 Å². The van der Waals surface area contributed by atoms with Crippen molar-refractivity contribution in [3.05, 3.63) is 82.9 Å². The lowest BCUT2D eigenvalue weighted by molar-refractivity contribution is 0.0224. The molecule has 0 aromatic heterocycles. The zero-order chi connectivity index (χ0) is 17.9. The van der Waals surface area contributed by atoms with Crippen LogP contribution in [-0.4, -0.2) is 13.0 Å². The Morgan fingerprint density at radius 2 is 1.65 bits per heavy atom. The Kier molecular flexibility index (Phi) is 2.86. The van der Waals surface area contributed by atoms with Gasteiger partial charge < -0.3 is 20.5 Å². The van der Waals surface area contributed by atoms with Crippen LogP contribution in [0.2, 0.25) is 0 Å². The maximum absolute atomic E-state index is 12.6. The number of nitrogens with two attached hydrogens (primary N) is 1. The predicted octanol–water partition coefficient (Wildman–Crippen LogP) is 3.88. The number of rotatable bonds is 1. The standard InChI is InChI=1S/C21H16N2O3/c1-23-13-7-9-17-19(11-13)25-18-10-12(22)6-8-16(18)21(17)15-5-3-2-4-14(15)20(24)26-21/h2-11,23H,22H2,1H3. The Labute approximate surface area is 150 Å². The van der Waals surface area contributed by atoms with E-state index in [2.05, 4.69) is 5.32 Å². The molecule has 1 spiro atoms. The molecule has 1 atom stereocenters. The Morgan fingerprint density at radius 1 is 0.923 bits per heavy atom. The molecule has 0 aliphatic carbocycles. The number of benzene rings is 3. The lowest BCUT2D eigenvalue weighted by Gasteiger charge is -2.36. The van der Waals surface area contributed by atoms with Gasteiger partial charge in [0.2, 0.25) is 0 Å². The van der Waals surface area contributed by atoms with Gasteiger partial charge in [-0.05, 0) is 30.3 Å². The number of ether oxygens (including phenoxy) is 2. The van der Waals surface area contributed by atoms with Gasteiger partial charge in [-0.3, -0.25) is 0 Å². The molecule has 2 aliphatic heterocycles. The van der Waals surface area contributed by atoms with Crippen molar-refractivity contribution in [1.29, 1.82) is 0 Å². The Morgan fingerprint density at radius 3 is 2.46 bits per heavy atom. The third-order valence-electron chi connectivity index (χ3n) is 5.03. The summed E-state index contributed by atoms with van der Waals surface area (Å²) < 4.78 is 12.2. The van der Waals surface area contributed by atoms with E-state index < -0.39 is 5.60 Å². The van der Waals surface area contributed by atoms with E-state index in [1.807, 2.05) is 49.5 Å². The largest absolute Gasteiger partial charge is 0.456 e. The molecule has 3 aromatic rings. The molecule has 0 saturated heterocycles. The van der Waals surface area contributed by atoms with Crippen LogP contribution in [0.25, 0.3) is 0 Å². The van der Waals surface area contributed by atoms with Crippen molar-refractivity contribution in [2.45, 2.75) is 5.60 Å². The summed E-state index contributed by atoms with van der Waals surface area (Å²) in [5, 5.41) is 3.11. The van der Waals surface area contributed by atoms with E-state index in [1.165, 1.54) is 0 Å². The highest BCUT2D eigenvalue weighted by atomic mass is 16.6. The first-order valence-corrected chi connectivity index (χ1v) is 8.36. The fraction of sp³-hybridized carbons (Fsp3) is 0.0952. The van der Waals surface area contributed by atoms with E-state index >= 15 is 0 Å². The molecule has 0 saturated carbocycles. The zero-order valence-corrected chi connectivity index (χ0v) is 14.1. The summed E-state index contributed by atoms with van der Waals surface area (Å²) in [7, 11) is 1.84. The maximum Gasteiger partial charge on any atom is 0.340 e. The monoisotopic (exact) mass is 344 g/mol. The highest BCUT2D eigenvalue weighted by molar-refractivity contribution is 5.97. The molecule has 3 N–H and O–H groups in total. The molecule has 5 rings (SSSR count). The van der Waals surface area contributed by atoms with Crippen molar-refractivity contribution in [3.63, 3.8) is 0 Å². The molecule has 2 heterocycles. The maximum atomic E-state index is 12.6. The first kappa shape index (κ1) is 14.8. The first-order chi connectivity index (χ1) is 12.6. The number of carbonyl (C=O) groups excluding carboxylic acids is 1. The molecule has 26 heavy (non-hydrogen) atoms. The Hall–Kier alpha value is -3.47. The molecule has 5 nitrogen and oxygen atoms in total. The van der Waals surface area contributed by atoms with Gasteiger partial charge in [0.25, 0.3) is 0 Å². The number of hydrogen-bond acceptors (Lipinski definition) is 5. The number of esters is 1. The van der Waals surface area contributed by atoms with Gasteiger partial charge >= 0.3 is 5.97 Å². The fourth-order valence-corrected chi connectivity index (χ4v) is 3.85. The third kappa shape index (κ3) is 1.77. The van der Waals surface area contributed by atoms with Gasteiger partial charge in [0, 0.05) is 47.2 Å².